The number of ether oxygens (including phenoxy) is 1. The Morgan fingerprint density at radius 1 is 0.593 bits per heavy atom. The summed E-state index contributed by atoms with van der Waals surface area (Å²) >= 11 is 0. The summed E-state index contributed by atoms with van der Waals surface area (Å²) in [6.45, 7) is 25.6. The van der Waals surface area contributed by atoms with E-state index in [1.165, 1.54) is 166 Å². The van der Waals surface area contributed by atoms with Gasteiger partial charge in [0.1, 0.15) is 0 Å². The van der Waals surface area contributed by atoms with Crippen molar-refractivity contribution in [2.45, 2.75) is 240 Å². The fraction of sp³-hybridized carbons (Fsp3) is 0.824. The van der Waals surface area contributed by atoms with E-state index in [0.717, 1.165) is 63.1 Å². The molecule has 0 aliphatic rings. The van der Waals surface area contributed by atoms with E-state index in [9.17, 15) is 4.79 Å². The van der Waals surface area contributed by atoms with Crippen LogP contribution in [0.1, 0.15) is 240 Å². The van der Waals surface area contributed by atoms with Gasteiger partial charge in [0.05, 0.1) is 12.5 Å². The third-order valence-electron chi connectivity index (χ3n) is 11.7. The lowest BCUT2D eigenvalue weighted by molar-refractivity contribution is -0.149. The van der Waals surface area contributed by atoms with Crippen LogP contribution in [-0.2, 0) is 9.53 Å². The highest BCUT2D eigenvalue weighted by atomic mass is 16.5. The van der Waals surface area contributed by atoms with Crippen LogP contribution in [0.2, 0.25) is 0 Å². The van der Waals surface area contributed by atoms with Crippen molar-refractivity contribution in [2.24, 2.45) is 17.8 Å². The van der Waals surface area contributed by atoms with Crippen LogP contribution in [0, 0.1) is 17.8 Å². The quantitative estimate of drug-likeness (QED) is 0.0269. The molecule has 0 bridgehead atoms. The van der Waals surface area contributed by atoms with Crippen LogP contribution in [0.25, 0.3) is 0 Å². The number of carbonyl (C=O) groups is 1. The van der Waals surface area contributed by atoms with E-state index in [1.807, 2.05) is 12.2 Å². The number of allylic oxidation sites excluding steroid dienone is 4. The molecule has 0 spiro atoms. The van der Waals surface area contributed by atoms with Crippen LogP contribution in [-0.4, -0.2) is 24.0 Å². The molecule has 0 saturated carbocycles. The van der Waals surface area contributed by atoms with Gasteiger partial charge in [0, 0.05) is 18.4 Å². The minimum Gasteiger partial charge on any atom is -0.465 e. The topological polar surface area (TPSA) is 29.5 Å². The highest BCUT2D eigenvalue weighted by Gasteiger charge is 2.20. The summed E-state index contributed by atoms with van der Waals surface area (Å²) in [5.41, 5.74) is 2.53. The van der Waals surface area contributed by atoms with Gasteiger partial charge >= 0.3 is 5.97 Å². The Morgan fingerprint density at radius 2 is 1.02 bits per heavy atom. The monoisotopic (exact) mass is 754 g/mol. The van der Waals surface area contributed by atoms with Crippen molar-refractivity contribution >= 4 is 5.97 Å². The maximum atomic E-state index is 13.0. The third-order valence-corrected chi connectivity index (χ3v) is 11.7. The molecule has 0 rings (SSSR count). The fourth-order valence-corrected chi connectivity index (χ4v) is 7.99. The Hall–Kier alpha value is -1.77. The van der Waals surface area contributed by atoms with Gasteiger partial charge in [-0.3, -0.25) is 4.79 Å². The second-order valence-electron chi connectivity index (χ2n) is 17.1. The van der Waals surface area contributed by atoms with Crippen molar-refractivity contribution in [3.63, 3.8) is 0 Å². The summed E-state index contributed by atoms with van der Waals surface area (Å²) in [5.74, 6) is 1.57. The molecular weight excluding hydrogens is 659 g/mol. The first-order valence-corrected chi connectivity index (χ1v) is 23.9. The van der Waals surface area contributed by atoms with E-state index in [4.69, 9.17) is 4.74 Å². The van der Waals surface area contributed by atoms with E-state index >= 15 is 0 Å². The van der Waals surface area contributed by atoms with Gasteiger partial charge in [-0.05, 0) is 69.8 Å². The number of hydrogen-bond donors (Lipinski definition) is 0. The highest BCUT2D eigenvalue weighted by Crippen LogP contribution is 2.31. The lowest BCUT2D eigenvalue weighted by Gasteiger charge is -2.25. The third kappa shape index (κ3) is 32.5. The molecule has 0 N–H and O–H groups in total. The fourth-order valence-electron chi connectivity index (χ4n) is 7.99. The number of unbranched alkanes of at least 4 members (excludes halogenated alkanes) is 21. The van der Waals surface area contributed by atoms with Crippen LogP contribution in [0.4, 0.5) is 0 Å². The molecule has 3 heteroatoms. The van der Waals surface area contributed by atoms with Crippen molar-refractivity contribution in [3.8, 4) is 0 Å². The molecule has 0 aromatic heterocycles. The average Bonchev–Trinajstić information content (AvgIpc) is 3.16. The van der Waals surface area contributed by atoms with Crippen molar-refractivity contribution < 1.29 is 9.53 Å². The summed E-state index contributed by atoms with van der Waals surface area (Å²) < 4.78 is 5.88. The lowest BCUT2D eigenvalue weighted by atomic mass is 9.82. The van der Waals surface area contributed by atoms with Gasteiger partial charge in [-0.1, -0.05) is 220 Å². The first-order valence-electron chi connectivity index (χ1n) is 23.9. The first kappa shape index (κ1) is 52.2. The average molecular weight is 754 g/mol. The lowest BCUT2D eigenvalue weighted by Crippen LogP contribution is -2.18. The Kier molecular flexibility index (Phi) is 38.2. The summed E-state index contributed by atoms with van der Waals surface area (Å²) in [7, 11) is 0. The normalized spacial score (nSPS) is 13.2. The zero-order valence-electron chi connectivity index (χ0n) is 37.4. The van der Waals surface area contributed by atoms with Crippen molar-refractivity contribution in [1.82, 2.24) is 4.90 Å². The molecule has 0 aromatic rings. The maximum absolute atomic E-state index is 13.0. The van der Waals surface area contributed by atoms with Crippen molar-refractivity contribution in [1.29, 1.82) is 0 Å². The first-order chi connectivity index (χ1) is 26.3. The molecule has 0 saturated heterocycles. The molecule has 3 nitrogen and oxygen atoms in total. The number of hydrogen-bond acceptors (Lipinski definition) is 3. The van der Waals surface area contributed by atoms with Gasteiger partial charge in [-0.25, -0.2) is 0 Å². The molecule has 0 aromatic carbocycles. The Bertz CT molecular complexity index is 905. The van der Waals surface area contributed by atoms with Crippen molar-refractivity contribution in [2.75, 3.05) is 13.2 Å². The highest BCUT2D eigenvalue weighted by molar-refractivity contribution is 5.72. The molecule has 0 amide bonds. The second-order valence-corrected chi connectivity index (χ2v) is 17.1. The zero-order valence-corrected chi connectivity index (χ0v) is 37.4. The Labute approximate surface area is 339 Å². The standard InChI is InChI=1S/C51H95NO2/c1-9-13-17-20-22-23-24-25-27-31-37-47(7)45-50(48(8)38-36-43-52(46(5)6)42-16-12-4)41-34-29-26-30-35-44-54-51(53)49(39-32-19-15-11-3)40-33-28-21-18-14-10-2/h12,16,42,47,49-50H,4-5,8-11,13-15,17-41,43-45H2,1-3,6-7H3/b42-16-. The molecular formula is C51H95NO2. The predicted molar refractivity (Wildman–Crippen MR) is 242 cm³/mol. The smallest absolute Gasteiger partial charge is 0.308 e. The molecule has 54 heavy (non-hydrogen) atoms. The molecule has 316 valence electrons. The molecule has 0 radical (unpaired) electrons. The number of rotatable bonds is 42. The van der Waals surface area contributed by atoms with Crippen molar-refractivity contribution in [3.05, 3.63) is 49.4 Å². The predicted octanol–water partition coefficient (Wildman–Crippen LogP) is 17.0. The SMILES string of the molecule is C=C/C=C\N(CCCC(=C)C(CCCCCCCOC(=O)C(CCCCCC)CCCCCCCC)CC(C)CCCCCCCCCCCC)C(=C)C. The molecule has 0 aliphatic carbocycles. The van der Waals surface area contributed by atoms with Gasteiger partial charge in [0.25, 0.3) is 0 Å². The largest absolute Gasteiger partial charge is 0.465 e. The molecule has 3 atom stereocenters. The summed E-state index contributed by atoms with van der Waals surface area (Å²) in [6.07, 6.45) is 46.6. The van der Waals surface area contributed by atoms with E-state index in [2.05, 4.69) is 65.5 Å². The minimum absolute atomic E-state index is 0.0800. The van der Waals surface area contributed by atoms with Gasteiger partial charge in [-0.2, -0.15) is 0 Å². The van der Waals surface area contributed by atoms with Gasteiger partial charge in [0.2, 0.25) is 0 Å². The summed E-state index contributed by atoms with van der Waals surface area (Å²) in [5, 5.41) is 0. The van der Waals surface area contributed by atoms with E-state index in [-0.39, 0.29) is 11.9 Å². The number of esters is 1. The summed E-state index contributed by atoms with van der Waals surface area (Å²) in [4.78, 5) is 15.3. The summed E-state index contributed by atoms with van der Waals surface area (Å²) in [6, 6.07) is 0. The van der Waals surface area contributed by atoms with Gasteiger partial charge in [0.15, 0.2) is 0 Å². The van der Waals surface area contributed by atoms with Gasteiger partial charge < -0.3 is 9.64 Å². The minimum atomic E-state index is 0.0800. The van der Waals surface area contributed by atoms with Crippen LogP contribution >= 0.6 is 0 Å². The molecule has 0 fully saturated rings. The van der Waals surface area contributed by atoms with Gasteiger partial charge in [-0.15, -0.1) is 0 Å². The van der Waals surface area contributed by atoms with E-state index in [0.29, 0.717) is 12.5 Å². The Morgan fingerprint density at radius 3 is 1.50 bits per heavy atom. The van der Waals surface area contributed by atoms with Crippen LogP contribution in [0.3, 0.4) is 0 Å². The number of carbonyl (C=O) groups excluding carboxylic acids is 1. The van der Waals surface area contributed by atoms with E-state index in [1.54, 1.807) is 0 Å². The second kappa shape index (κ2) is 39.5. The molecule has 0 aliphatic heterocycles. The van der Waals surface area contributed by atoms with Crippen LogP contribution in [0.5, 0.6) is 0 Å². The molecule has 0 heterocycles. The Balaban J connectivity index is 4.72. The van der Waals surface area contributed by atoms with Crippen LogP contribution < -0.4 is 0 Å². The maximum Gasteiger partial charge on any atom is 0.308 e. The number of nitrogens with zero attached hydrogens (tertiary/aromatic N) is 1. The van der Waals surface area contributed by atoms with Crippen LogP contribution in [0.15, 0.2) is 49.4 Å². The van der Waals surface area contributed by atoms with E-state index < -0.39 is 0 Å². The molecule has 3 unspecified atom stereocenters. The zero-order chi connectivity index (χ0) is 39.9.